The average Bonchev–Trinajstić information content (AvgIpc) is 3.37. The van der Waals surface area contributed by atoms with E-state index in [2.05, 4.69) is 15.1 Å². The third-order valence-electron chi connectivity index (χ3n) is 4.22. The van der Waals surface area contributed by atoms with Crippen LogP contribution < -0.4 is 5.14 Å². The average molecular weight is 506 g/mol. The van der Waals surface area contributed by atoms with Crippen LogP contribution in [-0.4, -0.2) is 28.2 Å². The van der Waals surface area contributed by atoms with E-state index in [1.807, 2.05) is 0 Å². The third-order valence-corrected chi connectivity index (χ3v) is 5.85. The van der Waals surface area contributed by atoms with Gasteiger partial charge in [-0.1, -0.05) is 6.07 Å². The number of nitrogens with zero attached hydrogens (tertiary/aromatic N) is 4. The molecule has 0 aliphatic heterocycles. The van der Waals surface area contributed by atoms with Gasteiger partial charge in [-0.2, -0.15) is 18.3 Å². The van der Waals surface area contributed by atoms with Gasteiger partial charge in [0.05, 0.1) is 28.0 Å². The van der Waals surface area contributed by atoms with Crippen molar-refractivity contribution in [2.24, 2.45) is 5.14 Å². The largest absolute Gasteiger partial charge is 0.435 e. The second-order valence-corrected chi connectivity index (χ2v) is 8.68. The molecule has 0 bridgehead atoms. The van der Waals surface area contributed by atoms with Crippen LogP contribution in [0, 0.1) is 5.82 Å². The van der Waals surface area contributed by atoms with Crippen molar-refractivity contribution >= 4 is 33.8 Å². The fourth-order valence-corrected chi connectivity index (χ4v) is 3.92. The number of pyridine rings is 1. The van der Waals surface area contributed by atoms with E-state index in [1.54, 1.807) is 0 Å². The number of hydrogen-bond acceptors (Lipinski definition) is 6. The molecule has 0 amide bonds. The van der Waals surface area contributed by atoms with Gasteiger partial charge in [0.1, 0.15) is 5.82 Å². The highest BCUT2D eigenvalue weighted by molar-refractivity contribution is 7.89. The molecule has 4 rings (SSSR count). The molecule has 0 fully saturated rings. The zero-order valence-corrected chi connectivity index (χ0v) is 18.1. The molecule has 1 aromatic carbocycles. The maximum atomic E-state index is 14.7. The maximum absolute atomic E-state index is 14.7. The summed E-state index contributed by atoms with van der Waals surface area (Å²) >= 11 is 1.22. The zero-order chi connectivity index (χ0) is 22.4. The Morgan fingerprint density at radius 1 is 1.06 bits per heavy atom. The predicted octanol–water partition coefficient (Wildman–Crippen LogP) is 4.28. The molecule has 7 nitrogen and oxygen atoms in total. The summed E-state index contributed by atoms with van der Waals surface area (Å²) in [5.41, 5.74) is 0.685. The minimum Gasteiger partial charge on any atom is -0.252 e. The fraction of sp³-hybridized carbons (Fsp3) is 0.0556. The van der Waals surface area contributed by atoms with E-state index < -0.39 is 32.7 Å². The van der Waals surface area contributed by atoms with Crippen LogP contribution in [0.4, 0.5) is 17.6 Å². The van der Waals surface area contributed by atoms with Gasteiger partial charge in [-0.25, -0.2) is 27.6 Å². The van der Waals surface area contributed by atoms with Crippen molar-refractivity contribution in [2.45, 2.75) is 11.2 Å². The summed E-state index contributed by atoms with van der Waals surface area (Å²) in [6.45, 7) is 0. The first-order valence-corrected chi connectivity index (χ1v) is 10.8. The smallest absolute Gasteiger partial charge is 0.252 e. The SMILES string of the molecule is Cl.NS(=O)(=O)c1ccc(-n2nc(C(F)(F)F)cc2-c2ccc(-c3cncs3)c(F)c2)cn1. The number of aromatic nitrogens is 4. The number of sulfonamides is 1. The lowest BCUT2D eigenvalue weighted by Gasteiger charge is -2.09. The molecule has 0 radical (unpaired) electrons. The van der Waals surface area contributed by atoms with Crippen LogP contribution in [0.5, 0.6) is 0 Å². The van der Waals surface area contributed by atoms with Crippen molar-refractivity contribution < 1.29 is 26.0 Å². The van der Waals surface area contributed by atoms with Gasteiger partial charge in [0.15, 0.2) is 10.7 Å². The molecule has 168 valence electrons. The molecule has 0 atom stereocenters. The molecular formula is C18H12ClF4N5O2S2. The van der Waals surface area contributed by atoms with Crippen molar-refractivity contribution in [1.29, 1.82) is 0 Å². The van der Waals surface area contributed by atoms with E-state index in [9.17, 15) is 26.0 Å². The monoisotopic (exact) mass is 505 g/mol. The number of primary sulfonamides is 1. The van der Waals surface area contributed by atoms with E-state index in [0.29, 0.717) is 4.88 Å². The quantitative estimate of drug-likeness (QED) is 0.417. The van der Waals surface area contributed by atoms with Crippen molar-refractivity contribution in [2.75, 3.05) is 0 Å². The Morgan fingerprint density at radius 3 is 2.34 bits per heavy atom. The molecule has 2 N–H and O–H groups in total. The number of benzene rings is 1. The Labute approximate surface area is 189 Å². The van der Waals surface area contributed by atoms with Gasteiger partial charge < -0.3 is 0 Å². The number of hydrogen-bond donors (Lipinski definition) is 1. The minimum absolute atomic E-state index is 0. The molecule has 0 aliphatic rings. The van der Waals surface area contributed by atoms with Crippen molar-refractivity contribution in [3.8, 4) is 27.4 Å². The Hall–Kier alpha value is -2.87. The van der Waals surface area contributed by atoms with Gasteiger partial charge in [0.2, 0.25) is 0 Å². The summed E-state index contributed by atoms with van der Waals surface area (Å²) in [5.74, 6) is -0.647. The fourth-order valence-electron chi connectivity index (χ4n) is 2.81. The van der Waals surface area contributed by atoms with E-state index in [4.69, 9.17) is 5.14 Å². The highest BCUT2D eigenvalue weighted by Crippen LogP contribution is 2.35. The summed E-state index contributed by atoms with van der Waals surface area (Å²) in [7, 11) is -4.09. The number of rotatable bonds is 4. The standard InChI is InChI=1S/C18H11F4N5O2S2.ClH/c19-13-5-10(1-3-12(13)15-8-24-9-30-15)14-6-16(18(20,21)22)26-27(14)11-2-4-17(25-7-11)31(23,28)29;/h1-9H,(H2,23,28,29);1H. The van der Waals surface area contributed by atoms with Crippen LogP contribution in [0.2, 0.25) is 0 Å². The van der Waals surface area contributed by atoms with Crippen LogP contribution in [-0.2, 0) is 16.2 Å². The molecule has 0 spiro atoms. The van der Waals surface area contributed by atoms with Crippen molar-refractivity contribution in [3.05, 3.63) is 65.8 Å². The molecule has 0 saturated carbocycles. The van der Waals surface area contributed by atoms with Crippen LogP contribution in [0.15, 0.2) is 59.3 Å². The van der Waals surface area contributed by atoms with E-state index >= 15 is 0 Å². The van der Waals surface area contributed by atoms with Crippen LogP contribution in [0.3, 0.4) is 0 Å². The Balaban J connectivity index is 0.00000289. The summed E-state index contributed by atoms with van der Waals surface area (Å²) in [5, 5.41) is 8.10. The topological polar surface area (TPSA) is 104 Å². The molecule has 3 heterocycles. The molecule has 3 aromatic heterocycles. The summed E-state index contributed by atoms with van der Waals surface area (Å²) in [6, 6.07) is 7.00. The van der Waals surface area contributed by atoms with Crippen LogP contribution in [0.25, 0.3) is 27.4 Å². The van der Waals surface area contributed by atoms with Gasteiger partial charge in [-0.3, -0.25) is 4.98 Å². The number of thiazole rings is 1. The third kappa shape index (κ3) is 4.65. The maximum Gasteiger partial charge on any atom is 0.435 e. The van der Waals surface area contributed by atoms with Gasteiger partial charge in [-0.15, -0.1) is 23.7 Å². The molecule has 4 aromatic rings. The lowest BCUT2D eigenvalue weighted by Crippen LogP contribution is -2.14. The second-order valence-electron chi connectivity index (χ2n) is 6.28. The molecule has 0 saturated heterocycles. The summed E-state index contributed by atoms with van der Waals surface area (Å²) < 4.78 is 78.2. The van der Waals surface area contributed by atoms with E-state index in [0.717, 1.165) is 29.1 Å². The van der Waals surface area contributed by atoms with E-state index in [1.165, 1.54) is 41.2 Å². The highest BCUT2D eigenvalue weighted by atomic mass is 35.5. The van der Waals surface area contributed by atoms with Crippen LogP contribution in [0.1, 0.15) is 5.69 Å². The van der Waals surface area contributed by atoms with Gasteiger partial charge >= 0.3 is 6.18 Å². The first-order valence-electron chi connectivity index (χ1n) is 8.39. The van der Waals surface area contributed by atoms with E-state index in [-0.39, 0.29) is 34.9 Å². The molecule has 32 heavy (non-hydrogen) atoms. The second kappa shape index (κ2) is 8.58. The Morgan fingerprint density at radius 2 is 1.81 bits per heavy atom. The van der Waals surface area contributed by atoms with Crippen molar-refractivity contribution in [1.82, 2.24) is 19.7 Å². The highest BCUT2D eigenvalue weighted by Gasteiger charge is 2.35. The first-order chi connectivity index (χ1) is 14.5. The van der Waals surface area contributed by atoms with Gasteiger partial charge in [0.25, 0.3) is 10.0 Å². The molecule has 14 heteroatoms. The molecule has 0 unspecified atom stereocenters. The Kier molecular flexibility index (Phi) is 6.38. The van der Waals surface area contributed by atoms with Gasteiger partial charge in [0, 0.05) is 17.3 Å². The summed E-state index contributed by atoms with van der Waals surface area (Å²) in [4.78, 5) is 8.11. The predicted molar refractivity (Wildman–Crippen MR) is 111 cm³/mol. The first kappa shape index (κ1) is 23.8. The van der Waals surface area contributed by atoms with Crippen LogP contribution >= 0.6 is 23.7 Å². The lowest BCUT2D eigenvalue weighted by molar-refractivity contribution is -0.141. The number of halogens is 5. The molecule has 0 aliphatic carbocycles. The molecular weight excluding hydrogens is 494 g/mol. The Bertz CT molecular complexity index is 1360. The number of nitrogens with two attached hydrogens (primary N) is 1. The lowest BCUT2D eigenvalue weighted by atomic mass is 10.1. The number of alkyl halides is 3. The zero-order valence-electron chi connectivity index (χ0n) is 15.6. The normalized spacial score (nSPS) is 11.9. The van der Waals surface area contributed by atoms with Gasteiger partial charge in [-0.05, 0) is 30.3 Å². The summed E-state index contributed by atoms with van der Waals surface area (Å²) in [6.07, 6.45) is -2.26. The minimum atomic E-state index is -4.75. The van der Waals surface area contributed by atoms with Crippen molar-refractivity contribution in [3.63, 3.8) is 0 Å².